The number of carbonyl (C=O) groups is 2. The van der Waals surface area contributed by atoms with Gasteiger partial charge in [-0.3, -0.25) is 4.79 Å². The summed E-state index contributed by atoms with van der Waals surface area (Å²) >= 11 is 0. The molecule has 1 aromatic rings. The Balaban J connectivity index is 2.85. The average molecular weight is 239 g/mol. The minimum absolute atomic E-state index is 0.175. The molecule has 0 fully saturated rings. The number of amides is 1. The lowest BCUT2D eigenvalue weighted by molar-refractivity contribution is -0.140. The highest BCUT2D eigenvalue weighted by atomic mass is 16.4. The molecule has 2 N–H and O–H groups in total. The van der Waals surface area contributed by atoms with Gasteiger partial charge < -0.3 is 14.8 Å². The number of aliphatic carboxylic acids is 1. The van der Waals surface area contributed by atoms with Crippen molar-refractivity contribution >= 4 is 11.9 Å². The van der Waals surface area contributed by atoms with Crippen LogP contribution in [0.1, 0.15) is 35.7 Å². The Bertz CT molecular complexity index is 434. The van der Waals surface area contributed by atoms with E-state index in [-0.39, 0.29) is 11.7 Å². The van der Waals surface area contributed by atoms with Gasteiger partial charge in [0, 0.05) is 5.56 Å². The van der Waals surface area contributed by atoms with Crippen LogP contribution in [0.4, 0.5) is 0 Å². The molecule has 1 unspecified atom stereocenters. The molecule has 0 saturated heterocycles. The predicted octanol–water partition coefficient (Wildman–Crippen LogP) is 1.74. The number of carbonyl (C=O) groups excluding carboxylic acids is 1. The molecule has 0 aliphatic heterocycles. The van der Waals surface area contributed by atoms with Gasteiger partial charge in [0.25, 0.3) is 5.91 Å². The van der Waals surface area contributed by atoms with Crippen LogP contribution in [0.5, 0.6) is 0 Å². The fraction of sp³-hybridized carbons (Fsp3) is 0.500. The molecular weight excluding hydrogens is 222 g/mol. The van der Waals surface area contributed by atoms with E-state index in [0.29, 0.717) is 11.3 Å². The number of carboxylic acid groups (broad SMARTS) is 1. The molecule has 0 aromatic carbocycles. The van der Waals surface area contributed by atoms with E-state index in [9.17, 15) is 9.59 Å². The molecule has 94 valence electrons. The van der Waals surface area contributed by atoms with Crippen LogP contribution in [0.25, 0.3) is 0 Å². The van der Waals surface area contributed by atoms with Crippen molar-refractivity contribution in [2.24, 2.45) is 5.92 Å². The molecule has 0 bridgehead atoms. The zero-order valence-electron chi connectivity index (χ0n) is 10.4. The minimum atomic E-state index is -1.05. The second-order valence-corrected chi connectivity index (χ2v) is 4.40. The van der Waals surface area contributed by atoms with Gasteiger partial charge in [0.15, 0.2) is 5.76 Å². The van der Waals surface area contributed by atoms with Gasteiger partial charge in [-0.15, -0.1) is 0 Å². The second-order valence-electron chi connectivity index (χ2n) is 4.40. The summed E-state index contributed by atoms with van der Waals surface area (Å²) in [5.74, 6) is -0.919. The van der Waals surface area contributed by atoms with Crippen molar-refractivity contribution in [3.63, 3.8) is 0 Å². The SMILES string of the molecule is Cc1cc(C)c(C(=O)NC(C(=O)O)C(C)C)o1. The van der Waals surface area contributed by atoms with Gasteiger partial charge in [-0.05, 0) is 25.8 Å². The summed E-state index contributed by atoms with van der Waals surface area (Å²) in [6, 6.07) is 0.826. The molecule has 0 radical (unpaired) electrons. The maximum absolute atomic E-state index is 11.8. The summed E-state index contributed by atoms with van der Waals surface area (Å²) in [6.07, 6.45) is 0. The van der Waals surface area contributed by atoms with Crippen LogP contribution in [-0.2, 0) is 4.79 Å². The molecule has 1 rings (SSSR count). The van der Waals surface area contributed by atoms with E-state index in [4.69, 9.17) is 9.52 Å². The van der Waals surface area contributed by atoms with Crippen molar-refractivity contribution < 1.29 is 19.1 Å². The van der Waals surface area contributed by atoms with E-state index >= 15 is 0 Å². The lowest BCUT2D eigenvalue weighted by Gasteiger charge is -2.17. The van der Waals surface area contributed by atoms with Gasteiger partial charge in [0.2, 0.25) is 0 Å². The summed E-state index contributed by atoms with van der Waals surface area (Å²) in [5.41, 5.74) is 0.702. The van der Waals surface area contributed by atoms with Crippen LogP contribution in [0.2, 0.25) is 0 Å². The van der Waals surface area contributed by atoms with Crippen molar-refractivity contribution in [3.8, 4) is 0 Å². The number of hydrogen-bond acceptors (Lipinski definition) is 3. The van der Waals surface area contributed by atoms with Crippen LogP contribution in [0, 0.1) is 19.8 Å². The van der Waals surface area contributed by atoms with Crippen LogP contribution >= 0.6 is 0 Å². The molecule has 1 atom stereocenters. The van der Waals surface area contributed by atoms with Crippen LogP contribution in [0.3, 0.4) is 0 Å². The maximum Gasteiger partial charge on any atom is 0.326 e. The predicted molar refractivity (Wildman–Crippen MR) is 61.9 cm³/mol. The van der Waals surface area contributed by atoms with E-state index in [0.717, 1.165) is 0 Å². The summed E-state index contributed by atoms with van der Waals surface area (Å²) in [6.45, 7) is 6.95. The molecule has 17 heavy (non-hydrogen) atoms. The van der Waals surface area contributed by atoms with Crippen LogP contribution in [-0.4, -0.2) is 23.0 Å². The fourth-order valence-electron chi connectivity index (χ4n) is 1.59. The third kappa shape index (κ3) is 3.09. The van der Waals surface area contributed by atoms with E-state index < -0.39 is 17.9 Å². The molecule has 0 aliphatic rings. The number of furan rings is 1. The highest BCUT2D eigenvalue weighted by Gasteiger charge is 2.25. The van der Waals surface area contributed by atoms with E-state index in [2.05, 4.69) is 5.32 Å². The summed E-state index contributed by atoms with van der Waals surface area (Å²) in [7, 11) is 0. The maximum atomic E-state index is 11.8. The van der Waals surface area contributed by atoms with Crippen molar-refractivity contribution in [1.82, 2.24) is 5.32 Å². The molecule has 0 spiro atoms. The molecule has 1 amide bonds. The first-order valence-electron chi connectivity index (χ1n) is 5.43. The van der Waals surface area contributed by atoms with Gasteiger partial charge in [-0.2, -0.15) is 0 Å². The summed E-state index contributed by atoms with van der Waals surface area (Å²) in [5, 5.41) is 11.4. The zero-order valence-corrected chi connectivity index (χ0v) is 10.4. The number of carboxylic acids is 1. The molecule has 1 aromatic heterocycles. The Morgan fingerprint density at radius 1 is 1.35 bits per heavy atom. The van der Waals surface area contributed by atoms with Gasteiger partial charge in [-0.1, -0.05) is 13.8 Å². The number of hydrogen-bond donors (Lipinski definition) is 2. The van der Waals surface area contributed by atoms with E-state index in [1.807, 2.05) is 0 Å². The molecule has 5 heteroatoms. The van der Waals surface area contributed by atoms with Gasteiger partial charge >= 0.3 is 5.97 Å². The van der Waals surface area contributed by atoms with E-state index in [1.54, 1.807) is 33.8 Å². The fourth-order valence-corrected chi connectivity index (χ4v) is 1.59. The monoisotopic (exact) mass is 239 g/mol. The Labute approximate surface area is 99.8 Å². The van der Waals surface area contributed by atoms with Crippen molar-refractivity contribution in [2.75, 3.05) is 0 Å². The lowest BCUT2D eigenvalue weighted by Crippen LogP contribution is -2.44. The van der Waals surface area contributed by atoms with Crippen molar-refractivity contribution in [3.05, 3.63) is 23.2 Å². The molecule has 0 saturated carbocycles. The molecule has 5 nitrogen and oxygen atoms in total. The first-order chi connectivity index (χ1) is 7.82. The van der Waals surface area contributed by atoms with Gasteiger partial charge in [0.1, 0.15) is 11.8 Å². The number of rotatable bonds is 4. The lowest BCUT2D eigenvalue weighted by atomic mass is 10.0. The number of nitrogens with one attached hydrogen (secondary N) is 1. The Hall–Kier alpha value is -1.78. The first-order valence-corrected chi connectivity index (χ1v) is 5.43. The molecule has 1 heterocycles. The smallest absolute Gasteiger partial charge is 0.326 e. The summed E-state index contributed by atoms with van der Waals surface area (Å²) < 4.78 is 5.23. The van der Waals surface area contributed by atoms with Crippen molar-refractivity contribution in [2.45, 2.75) is 33.7 Å². The highest BCUT2D eigenvalue weighted by molar-refractivity contribution is 5.95. The van der Waals surface area contributed by atoms with Gasteiger partial charge in [0.05, 0.1) is 0 Å². The summed E-state index contributed by atoms with van der Waals surface area (Å²) in [4.78, 5) is 22.8. The number of aryl methyl sites for hydroxylation is 2. The Kier molecular flexibility index (Phi) is 3.93. The first kappa shape index (κ1) is 13.3. The van der Waals surface area contributed by atoms with Gasteiger partial charge in [-0.25, -0.2) is 4.79 Å². The highest BCUT2D eigenvalue weighted by Crippen LogP contribution is 2.14. The molecule has 0 aliphatic carbocycles. The Morgan fingerprint density at radius 3 is 2.29 bits per heavy atom. The van der Waals surface area contributed by atoms with Crippen LogP contribution in [0.15, 0.2) is 10.5 Å². The third-order valence-corrected chi connectivity index (χ3v) is 2.47. The van der Waals surface area contributed by atoms with Crippen molar-refractivity contribution in [1.29, 1.82) is 0 Å². The second kappa shape index (κ2) is 5.03. The average Bonchev–Trinajstić information content (AvgIpc) is 2.53. The standard InChI is InChI=1S/C12H17NO4/c1-6(2)9(12(15)16)13-11(14)10-7(3)5-8(4)17-10/h5-6,9H,1-4H3,(H,13,14)(H,15,16). The normalized spacial score (nSPS) is 12.5. The van der Waals surface area contributed by atoms with E-state index in [1.165, 1.54) is 0 Å². The topological polar surface area (TPSA) is 79.5 Å². The Morgan fingerprint density at radius 2 is 1.94 bits per heavy atom. The minimum Gasteiger partial charge on any atom is -0.480 e. The zero-order chi connectivity index (χ0) is 13.2. The molecular formula is C12H17NO4. The third-order valence-electron chi connectivity index (χ3n) is 2.47. The quantitative estimate of drug-likeness (QED) is 0.838. The van der Waals surface area contributed by atoms with Crippen LogP contribution < -0.4 is 5.32 Å². The largest absolute Gasteiger partial charge is 0.480 e.